The second kappa shape index (κ2) is 5.53. The van der Waals surface area contributed by atoms with Crippen molar-refractivity contribution < 1.29 is 4.79 Å². The van der Waals surface area contributed by atoms with Gasteiger partial charge in [-0.25, -0.2) is 14.6 Å². The van der Waals surface area contributed by atoms with Gasteiger partial charge in [-0.2, -0.15) is 5.10 Å². The van der Waals surface area contributed by atoms with Crippen LogP contribution in [0.3, 0.4) is 0 Å². The number of benzene rings is 1. The van der Waals surface area contributed by atoms with Gasteiger partial charge >= 0.3 is 0 Å². The number of rotatable bonds is 3. The number of nitrogen functional groups attached to an aromatic ring is 1. The number of pyridine rings is 1. The highest BCUT2D eigenvalue weighted by atomic mass is 16.1. The Kier molecular flexibility index (Phi) is 3.14. The summed E-state index contributed by atoms with van der Waals surface area (Å²) in [5.74, 6) is 0.885. The molecule has 4 heterocycles. The van der Waals surface area contributed by atoms with Gasteiger partial charge in [0.05, 0.1) is 34.2 Å². The van der Waals surface area contributed by atoms with Crippen molar-refractivity contribution in [3.05, 3.63) is 65.9 Å². The van der Waals surface area contributed by atoms with Crippen LogP contribution in [-0.2, 0) is 0 Å². The first kappa shape index (κ1) is 15.3. The molecular weight excluding hydrogens is 342 g/mol. The highest BCUT2D eigenvalue weighted by Crippen LogP contribution is 2.23. The fraction of sp³-hybridized carbons (Fsp3) is 0.0526. The molecule has 0 spiro atoms. The Morgan fingerprint density at radius 1 is 1.19 bits per heavy atom. The van der Waals surface area contributed by atoms with Crippen molar-refractivity contribution in [1.82, 2.24) is 29.7 Å². The zero-order chi connectivity index (χ0) is 18.5. The maximum atomic E-state index is 12.9. The number of nitrogens with one attached hydrogen (secondary N) is 2. The third-order valence-corrected chi connectivity index (χ3v) is 4.52. The average molecular weight is 357 g/mol. The second-order valence-electron chi connectivity index (χ2n) is 6.33. The molecule has 0 aliphatic carbocycles. The van der Waals surface area contributed by atoms with Crippen molar-refractivity contribution in [2.75, 3.05) is 5.73 Å². The van der Waals surface area contributed by atoms with Gasteiger partial charge in [0.2, 0.25) is 5.78 Å². The topological polar surface area (TPSA) is 118 Å². The molecule has 27 heavy (non-hydrogen) atoms. The molecule has 0 bridgehead atoms. The molecule has 132 valence electrons. The van der Waals surface area contributed by atoms with Crippen LogP contribution in [0.25, 0.3) is 27.8 Å². The SMILES string of the molecule is Cc1nc2ccc(-n3ncc(C(=O)c4cc5cccnc5[nH]4)c3N)cc2[nH]1. The number of aromatic nitrogens is 6. The van der Waals surface area contributed by atoms with Gasteiger partial charge in [0.25, 0.3) is 0 Å². The van der Waals surface area contributed by atoms with Gasteiger partial charge in [0, 0.05) is 11.6 Å². The van der Waals surface area contributed by atoms with Gasteiger partial charge in [-0.1, -0.05) is 0 Å². The molecule has 8 nitrogen and oxygen atoms in total. The van der Waals surface area contributed by atoms with E-state index in [1.165, 1.54) is 6.20 Å². The third-order valence-electron chi connectivity index (χ3n) is 4.52. The van der Waals surface area contributed by atoms with Crippen molar-refractivity contribution >= 4 is 33.7 Å². The van der Waals surface area contributed by atoms with Crippen molar-refractivity contribution in [1.29, 1.82) is 0 Å². The minimum absolute atomic E-state index is 0.227. The Bertz CT molecular complexity index is 1290. The van der Waals surface area contributed by atoms with E-state index in [2.05, 4.69) is 25.0 Å². The number of carbonyl (C=O) groups is 1. The lowest BCUT2D eigenvalue weighted by Crippen LogP contribution is -2.07. The van der Waals surface area contributed by atoms with Crippen LogP contribution in [0.4, 0.5) is 5.82 Å². The predicted molar refractivity (Wildman–Crippen MR) is 102 cm³/mol. The summed E-state index contributed by atoms with van der Waals surface area (Å²) in [5, 5.41) is 5.17. The first-order chi connectivity index (χ1) is 13.1. The molecule has 1 aromatic carbocycles. The average Bonchev–Trinajstić information content (AvgIpc) is 3.35. The second-order valence-corrected chi connectivity index (χ2v) is 6.33. The van der Waals surface area contributed by atoms with Crippen LogP contribution in [-0.4, -0.2) is 35.5 Å². The maximum Gasteiger partial charge on any atom is 0.214 e. The molecule has 5 aromatic rings. The first-order valence-electron chi connectivity index (χ1n) is 8.39. The Morgan fingerprint density at radius 3 is 2.93 bits per heavy atom. The lowest BCUT2D eigenvalue weighted by atomic mass is 10.1. The standard InChI is InChI=1S/C19H15N7O/c1-10-23-14-5-4-12(8-15(14)24-10)26-18(20)13(9-22-26)17(27)16-7-11-3-2-6-21-19(11)25-16/h2-9H,20H2,1H3,(H,21,25)(H,23,24). The van der Waals surface area contributed by atoms with E-state index in [1.54, 1.807) is 16.9 Å². The molecule has 4 N–H and O–H groups in total. The Morgan fingerprint density at radius 2 is 2.07 bits per heavy atom. The van der Waals surface area contributed by atoms with E-state index in [1.807, 2.05) is 37.3 Å². The number of nitrogens with zero attached hydrogens (tertiary/aromatic N) is 4. The van der Waals surface area contributed by atoms with E-state index < -0.39 is 0 Å². The van der Waals surface area contributed by atoms with Gasteiger partial charge in [-0.05, 0) is 43.3 Å². The molecule has 0 radical (unpaired) electrons. The van der Waals surface area contributed by atoms with Crippen molar-refractivity contribution in [2.24, 2.45) is 0 Å². The normalized spacial score (nSPS) is 11.4. The highest BCUT2D eigenvalue weighted by Gasteiger charge is 2.20. The van der Waals surface area contributed by atoms with Crippen LogP contribution in [0.1, 0.15) is 21.9 Å². The molecule has 0 saturated carbocycles. The number of aryl methyl sites for hydroxylation is 1. The number of carbonyl (C=O) groups excluding carboxylic acids is 1. The van der Waals surface area contributed by atoms with Crippen molar-refractivity contribution in [2.45, 2.75) is 6.92 Å². The van der Waals surface area contributed by atoms with E-state index in [0.717, 1.165) is 27.9 Å². The molecular formula is C19H15N7O. The van der Waals surface area contributed by atoms with Crippen LogP contribution in [0.2, 0.25) is 0 Å². The lowest BCUT2D eigenvalue weighted by Gasteiger charge is -2.05. The minimum Gasteiger partial charge on any atom is -0.383 e. The maximum absolute atomic E-state index is 12.9. The van der Waals surface area contributed by atoms with Crippen LogP contribution in [0.15, 0.2) is 48.8 Å². The predicted octanol–water partition coefficient (Wildman–Crippen LogP) is 2.75. The van der Waals surface area contributed by atoms with Crippen LogP contribution >= 0.6 is 0 Å². The number of ketones is 1. The van der Waals surface area contributed by atoms with E-state index in [0.29, 0.717) is 16.9 Å². The highest BCUT2D eigenvalue weighted by molar-refractivity contribution is 6.12. The van der Waals surface area contributed by atoms with E-state index >= 15 is 0 Å². The molecule has 0 atom stereocenters. The van der Waals surface area contributed by atoms with Gasteiger partial charge in [-0.15, -0.1) is 0 Å². The Balaban J connectivity index is 1.56. The molecule has 8 heteroatoms. The van der Waals surface area contributed by atoms with Gasteiger partial charge < -0.3 is 15.7 Å². The molecule has 5 rings (SSSR count). The molecule has 0 unspecified atom stereocenters. The summed E-state index contributed by atoms with van der Waals surface area (Å²) in [6.07, 6.45) is 3.16. The lowest BCUT2D eigenvalue weighted by molar-refractivity contribution is 0.103. The van der Waals surface area contributed by atoms with Crippen molar-refractivity contribution in [3.8, 4) is 5.69 Å². The van der Waals surface area contributed by atoms with Crippen LogP contribution < -0.4 is 5.73 Å². The van der Waals surface area contributed by atoms with Crippen LogP contribution in [0.5, 0.6) is 0 Å². The Hall–Kier alpha value is -3.94. The summed E-state index contributed by atoms with van der Waals surface area (Å²) >= 11 is 0. The number of imidazole rings is 1. The minimum atomic E-state index is -0.227. The smallest absolute Gasteiger partial charge is 0.214 e. The summed E-state index contributed by atoms with van der Waals surface area (Å²) in [5.41, 5.74) is 10.2. The number of fused-ring (bicyclic) bond motifs is 2. The summed E-state index contributed by atoms with van der Waals surface area (Å²) < 4.78 is 1.55. The largest absolute Gasteiger partial charge is 0.383 e. The molecule has 0 amide bonds. The third kappa shape index (κ3) is 2.38. The fourth-order valence-electron chi connectivity index (χ4n) is 3.22. The monoisotopic (exact) mass is 357 g/mol. The quantitative estimate of drug-likeness (QED) is 0.429. The number of hydrogen-bond donors (Lipinski definition) is 3. The van der Waals surface area contributed by atoms with E-state index in [4.69, 9.17) is 5.73 Å². The number of anilines is 1. The zero-order valence-electron chi connectivity index (χ0n) is 14.4. The summed E-state index contributed by atoms with van der Waals surface area (Å²) in [7, 11) is 0. The van der Waals surface area contributed by atoms with Gasteiger partial charge in [-0.3, -0.25) is 4.79 Å². The molecule has 0 aliphatic heterocycles. The summed E-state index contributed by atoms with van der Waals surface area (Å²) in [6.45, 7) is 1.90. The summed E-state index contributed by atoms with van der Waals surface area (Å²) in [6, 6.07) is 11.1. The number of hydrogen-bond acceptors (Lipinski definition) is 5. The van der Waals surface area contributed by atoms with Crippen molar-refractivity contribution in [3.63, 3.8) is 0 Å². The fourth-order valence-corrected chi connectivity index (χ4v) is 3.22. The van der Waals surface area contributed by atoms with Crippen LogP contribution in [0, 0.1) is 6.92 Å². The van der Waals surface area contributed by atoms with Gasteiger partial charge in [0.15, 0.2) is 0 Å². The molecule has 4 aromatic heterocycles. The number of nitrogens with two attached hydrogens (primary N) is 1. The molecule has 0 saturated heterocycles. The first-order valence-corrected chi connectivity index (χ1v) is 8.39. The Labute approximate surface area is 153 Å². The van der Waals surface area contributed by atoms with E-state index in [9.17, 15) is 4.79 Å². The molecule has 0 aliphatic rings. The van der Waals surface area contributed by atoms with E-state index in [-0.39, 0.29) is 11.6 Å². The van der Waals surface area contributed by atoms with Gasteiger partial charge in [0.1, 0.15) is 17.3 Å². The number of H-pyrrole nitrogens is 2. The zero-order valence-corrected chi connectivity index (χ0v) is 14.4. The molecule has 0 fully saturated rings. The summed E-state index contributed by atoms with van der Waals surface area (Å²) in [4.78, 5) is 27.7. The number of aromatic amines is 2.